The number of anilines is 1. The first-order valence-corrected chi connectivity index (χ1v) is 8.79. The average molecular weight is 374 g/mol. The number of rotatable bonds is 7. The van der Waals surface area contributed by atoms with Crippen LogP contribution in [0.4, 0.5) is 5.82 Å². The predicted octanol–water partition coefficient (Wildman–Crippen LogP) is 2.76. The number of benzene rings is 1. The van der Waals surface area contributed by atoms with E-state index in [0.29, 0.717) is 24.7 Å². The van der Waals surface area contributed by atoms with Crippen LogP contribution in [0.25, 0.3) is 17.1 Å². The minimum absolute atomic E-state index is 0.246. The minimum atomic E-state index is -0.288. The van der Waals surface area contributed by atoms with E-state index >= 15 is 0 Å². The Balaban J connectivity index is 1.28. The number of carbonyl (C=O) groups excluding carboxylic acids is 1. The summed E-state index contributed by atoms with van der Waals surface area (Å²) < 4.78 is 7.14. The summed E-state index contributed by atoms with van der Waals surface area (Å²) in [4.78, 5) is 20.6. The molecule has 3 aromatic heterocycles. The summed E-state index contributed by atoms with van der Waals surface area (Å²) in [5.74, 6) is 1.72. The Kier molecular flexibility index (Phi) is 5.10. The molecule has 2 N–H and O–H groups in total. The molecule has 0 saturated heterocycles. The van der Waals surface area contributed by atoms with Gasteiger partial charge >= 0.3 is 0 Å². The summed E-state index contributed by atoms with van der Waals surface area (Å²) in [7, 11) is 0. The zero-order chi connectivity index (χ0) is 19.2. The van der Waals surface area contributed by atoms with E-state index in [1.165, 1.54) is 6.33 Å². The van der Waals surface area contributed by atoms with E-state index in [2.05, 4.69) is 25.8 Å². The fraction of sp³-hybridized carbons (Fsp3) is 0.100. The molecule has 0 bridgehead atoms. The lowest BCUT2D eigenvalue weighted by Gasteiger charge is -2.08. The van der Waals surface area contributed by atoms with E-state index in [-0.39, 0.29) is 11.6 Å². The Morgan fingerprint density at radius 2 is 1.82 bits per heavy atom. The molecule has 0 aliphatic rings. The van der Waals surface area contributed by atoms with E-state index < -0.39 is 0 Å². The lowest BCUT2D eigenvalue weighted by molar-refractivity contribution is 0.0946. The Morgan fingerprint density at radius 1 is 1.00 bits per heavy atom. The topological polar surface area (TPSA) is 97.9 Å². The lowest BCUT2D eigenvalue weighted by Crippen LogP contribution is -2.29. The fourth-order valence-electron chi connectivity index (χ4n) is 2.65. The largest absolute Gasteiger partial charge is 0.368 e. The number of nitrogens with one attached hydrogen (secondary N) is 2. The first kappa shape index (κ1) is 17.5. The number of aromatic nitrogens is 4. The summed E-state index contributed by atoms with van der Waals surface area (Å²) in [6, 6.07) is 16.8. The van der Waals surface area contributed by atoms with Crippen LogP contribution in [-0.4, -0.2) is 38.7 Å². The van der Waals surface area contributed by atoms with Crippen molar-refractivity contribution in [2.45, 2.75) is 0 Å². The predicted molar refractivity (Wildman–Crippen MR) is 104 cm³/mol. The average Bonchev–Trinajstić information content (AvgIpc) is 3.44. The second-order valence-electron chi connectivity index (χ2n) is 5.98. The Labute approximate surface area is 161 Å². The van der Waals surface area contributed by atoms with Crippen molar-refractivity contribution in [3.63, 3.8) is 0 Å². The van der Waals surface area contributed by atoms with Gasteiger partial charge in [0.15, 0.2) is 11.5 Å². The highest BCUT2D eigenvalue weighted by molar-refractivity contribution is 5.93. The van der Waals surface area contributed by atoms with Crippen LogP contribution in [0, 0.1) is 0 Å². The standard InChI is InChI=1S/C20H18N6O2/c27-20(16-12-17(28-25-16)15-6-2-1-3-7-15)22-9-8-21-18-13-19(24-14-23-18)26-10-4-5-11-26/h1-7,10-14H,8-9H2,(H,22,27)(H,21,23,24). The number of carbonyl (C=O) groups is 1. The molecular weight excluding hydrogens is 356 g/mol. The van der Waals surface area contributed by atoms with Crippen LogP contribution < -0.4 is 10.6 Å². The smallest absolute Gasteiger partial charge is 0.273 e. The van der Waals surface area contributed by atoms with Crippen molar-refractivity contribution in [3.8, 4) is 17.1 Å². The third-order valence-corrected chi connectivity index (χ3v) is 4.04. The summed E-state index contributed by atoms with van der Waals surface area (Å²) in [6.45, 7) is 0.923. The molecule has 4 aromatic rings. The van der Waals surface area contributed by atoms with Crippen molar-refractivity contribution in [2.24, 2.45) is 0 Å². The van der Waals surface area contributed by atoms with Crippen molar-refractivity contribution >= 4 is 11.7 Å². The van der Waals surface area contributed by atoms with Gasteiger partial charge in [0.25, 0.3) is 5.91 Å². The van der Waals surface area contributed by atoms with Crippen LogP contribution in [0.2, 0.25) is 0 Å². The van der Waals surface area contributed by atoms with Gasteiger partial charge in [0.1, 0.15) is 18.0 Å². The minimum Gasteiger partial charge on any atom is -0.368 e. The van der Waals surface area contributed by atoms with Crippen molar-refractivity contribution in [1.29, 1.82) is 0 Å². The van der Waals surface area contributed by atoms with Crippen LogP contribution in [-0.2, 0) is 0 Å². The van der Waals surface area contributed by atoms with E-state index in [0.717, 1.165) is 11.4 Å². The first-order valence-electron chi connectivity index (χ1n) is 8.79. The molecule has 0 saturated carbocycles. The molecule has 0 radical (unpaired) electrons. The molecule has 0 aliphatic heterocycles. The maximum Gasteiger partial charge on any atom is 0.273 e. The molecule has 0 fully saturated rings. The van der Waals surface area contributed by atoms with Gasteiger partial charge in [0.2, 0.25) is 0 Å². The van der Waals surface area contributed by atoms with Gasteiger partial charge in [-0.1, -0.05) is 35.5 Å². The van der Waals surface area contributed by atoms with Crippen LogP contribution in [0.5, 0.6) is 0 Å². The van der Waals surface area contributed by atoms with Crippen LogP contribution in [0.15, 0.2) is 77.8 Å². The first-order chi connectivity index (χ1) is 13.8. The van der Waals surface area contributed by atoms with Crippen LogP contribution >= 0.6 is 0 Å². The molecule has 0 aliphatic carbocycles. The number of hydrogen-bond acceptors (Lipinski definition) is 6. The van der Waals surface area contributed by atoms with E-state index in [9.17, 15) is 4.79 Å². The van der Waals surface area contributed by atoms with E-state index in [1.807, 2.05) is 65.5 Å². The molecule has 1 aromatic carbocycles. The molecule has 0 spiro atoms. The molecule has 8 heteroatoms. The van der Waals surface area contributed by atoms with Crippen LogP contribution in [0.1, 0.15) is 10.5 Å². The van der Waals surface area contributed by atoms with Gasteiger partial charge in [-0.3, -0.25) is 4.79 Å². The maximum absolute atomic E-state index is 12.2. The summed E-state index contributed by atoms with van der Waals surface area (Å²) in [6.07, 6.45) is 5.32. The quantitative estimate of drug-likeness (QED) is 0.483. The van der Waals surface area contributed by atoms with Crippen molar-refractivity contribution < 1.29 is 9.32 Å². The lowest BCUT2D eigenvalue weighted by atomic mass is 10.1. The third kappa shape index (κ3) is 4.07. The summed E-state index contributed by atoms with van der Waals surface area (Å²) >= 11 is 0. The van der Waals surface area contributed by atoms with E-state index in [1.54, 1.807) is 6.07 Å². The Bertz CT molecular complexity index is 1040. The van der Waals surface area contributed by atoms with Gasteiger partial charge in [-0.05, 0) is 12.1 Å². The van der Waals surface area contributed by atoms with Crippen molar-refractivity contribution in [3.05, 3.63) is 79.0 Å². The van der Waals surface area contributed by atoms with Gasteiger partial charge in [0.05, 0.1) is 0 Å². The molecule has 1 amide bonds. The molecule has 4 rings (SSSR count). The van der Waals surface area contributed by atoms with Gasteiger partial charge in [-0.25, -0.2) is 9.97 Å². The van der Waals surface area contributed by atoms with Gasteiger partial charge in [0, 0.05) is 43.2 Å². The molecule has 28 heavy (non-hydrogen) atoms. The highest BCUT2D eigenvalue weighted by Crippen LogP contribution is 2.19. The highest BCUT2D eigenvalue weighted by atomic mass is 16.5. The zero-order valence-corrected chi connectivity index (χ0v) is 14.9. The third-order valence-electron chi connectivity index (χ3n) is 4.04. The zero-order valence-electron chi connectivity index (χ0n) is 14.9. The number of hydrogen-bond donors (Lipinski definition) is 2. The Morgan fingerprint density at radius 3 is 2.64 bits per heavy atom. The SMILES string of the molecule is O=C(NCCNc1cc(-n2cccc2)ncn1)c1cc(-c2ccccc2)on1. The van der Waals surface area contributed by atoms with Gasteiger partial charge < -0.3 is 19.7 Å². The van der Waals surface area contributed by atoms with Crippen molar-refractivity contribution in [1.82, 2.24) is 25.0 Å². The molecule has 8 nitrogen and oxygen atoms in total. The normalized spacial score (nSPS) is 10.6. The van der Waals surface area contributed by atoms with Crippen molar-refractivity contribution in [2.75, 3.05) is 18.4 Å². The molecule has 3 heterocycles. The molecule has 0 atom stereocenters. The summed E-state index contributed by atoms with van der Waals surface area (Å²) in [5.41, 5.74) is 1.12. The van der Waals surface area contributed by atoms with E-state index in [4.69, 9.17) is 4.52 Å². The fourth-order valence-corrected chi connectivity index (χ4v) is 2.65. The monoisotopic (exact) mass is 374 g/mol. The van der Waals surface area contributed by atoms with Gasteiger partial charge in [-0.15, -0.1) is 0 Å². The molecule has 140 valence electrons. The second kappa shape index (κ2) is 8.17. The number of nitrogens with zero attached hydrogens (tertiary/aromatic N) is 4. The molecular formula is C20H18N6O2. The molecule has 0 unspecified atom stereocenters. The van der Waals surface area contributed by atoms with Gasteiger partial charge in [-0.2, -0.15) is 0 Å². The Hall–Kier alpha value is -3.94. The second-order valence-corrected chi connectivity index (χ2v) is 5.98. The number of amides is 1. The highest BCUT2D eigenvalue weighted by Gasteiger charge is 2.13. The summed E-state index contributed by atoms with van der Waals surface area (Å²) in [5, 5.41) is 9.80. The van der Waals surface area contributed by atoms with Crippen LogP contribution in [0.3, 0.4) is 0 Å². The maximum atomic E-state index is 12.2.